The van der Waals surface area contributed by atoms with E-state index in [-0.39, 0.29) is 28.0 Å². The maximum Gasteiger partial charge on any atom is 0.256 e. The van der Waals surface area contributed by atoms with Gasteiger partial charge in [0.2, 0.25) is 0 Å². The molecule has 2 rings (SSSR count). The van der Waals surface area contributed by atoms with Crippen molar-refractivity contribution in [1.29, 1.82) is 0 Å². The summed E-state index contributed by atoms with van der Waals surface area (Å²) in [5, 5.41) is 12.1. The lowest BCUT2D eigenvalue weighted by Gasteiger charge is -2.05. The molecule has 0 aliphatic carbocycles. The fourth-order valence-corrected chi connectivity index (χ4v) is 1.42. The van der Waals surface area contributed by atoms with Crippen LogP contribution in [0.1, 0.15) is 10.4 Å². The second-order valence-corrected chi connectivity index (χ2v) is 3.84. The highest BCUT2D eigenvalue weighted by Crippen LogP contribution is 2.21. The highest BCUT2D eigenvalue weighted by atomic mass is 35.5. The normalized spacial score (nSPS) is 10.1. The van der Waals surface area contributed by atoms with E-state index in [1.807, 2.05) is 0 Å². The van der Waals surface area contributed by atoms with Crippen molar-refractivity contribution in [2.75, 3.05) is 11.1 Å². The first-order valence-corrected chi connectivity index (χ1v) is 5.31. The number of aromatic hydroxyl groups is 1. The quantitative estimate of drug-likeness (QED) is 0.435. The molecule has 1 heterocycles. The molecule has 1 aromatic carbocycles. The van der Waals surface area contributed by atoms with Gasteiger partial charge in [0.25, 0.3) is 5.91 Å². The molecule has 0 saturated heterocycles. The van der Waals surface area contributed by atoms with E-state index in [4.69, 9.17) is 17.3 Å². The number of phenolic OH excluding ortho intramolecular Hbond substituents is 1. The Hall–Kier alpha value is -2.34. The SMILES string of the molecule is Nc1ccc(C(=O)Nc2cc(Cl)ncn2)cc1O. The molecule has 0 unspecified atom stereocenters. The van der Waals surface area contributed by atoms with E-state index in [9.17, 15) is 9.90 Å². The number of halogens is 1. The molecule has 0 spiro atoms. The molecule has 92 valence electrons. The first-order valence-electron chi connectivity index (χ1n) is 4.93. The molecule has 0 bridgehead atoms. The van der Waals surface area contributed by atoms with Crippen LogP contribution in [0, 0.1) is 0 Å². The number of carbonyl (C=O) groups is 1. The number of nitrogens with one attached hydrogen (secondary N) is 1. The van der Waals surface area contributed by atoms with Crippen LogP contribution in [0.2, 0.25) is 5.15 Å². The summed E-state index contributed by atoms with van der Waals surface area (Å²) in [6.45, 7) is 0. The average molecular weight is 265 g/mol. The van der Waals surface area contributed by atoms with Crippen LogP contribution < -0.4 is 11.1 Å². The largest absolute Gasteiger partial charge is 0.506 e. The van der Waals surface area contributed by atoms with E-state index in [1.165, 1.54) is 30.6 Å². The molecule has 7 heteroatoms. The number of phenols is 1. The average Bonchev–Trinajstić information content (AvgIpc) is 2.32. The summed E-state index contributed by atoms with van der Waals surface area (Å²) >= 11 is 5.66. The molecule has 2 aromatic rings. The molecule has 1 aromatic heterocycles. The molecule has 4 N–H and O–H groups in total. The number of nitrogen functional groups attached to an aromatic ring is 1. The number of hydrogen-bond donors (Lipinski definition) is 3. The highest BCUT2D eigenvalue weighted by Gasteiger charge is 2.09. The van der Waals surface area contributed by atoms with E-state index in [0.717, 1.165) is 0 Å². The number of hydrogen-bond acceptors (Lipinski definition) is 5. The minimum atomic E-state index is -0.430. The Bertz CT molecular complexity index is 603. The third-order valence-electron chi connectivity index (χ3n) is 2.17. The molecule has 0 radical (unpaired) electrons. The molecule has 18 heavy (non-hydrogen) atoms. The van der Waals surface area contributed by atoms with Crippen LogP contribution in [0.25, 0.3) is 0 Å². The maximum atomic E-state index is 11.8. The van der Waals surface area contributed by atoms with Gasteiger partial charge in [0.05, 0.1) is 5.69 Å². The molecule has 1 amide bonds. The number of aromatic nitrogens is 2. The molecule has 6 nitrogen and oxygen atoms in total. The molecule has 0 saturated carbocycles. The Balaban J connectivity index is 2.19. The van der Waals surface area contributed by atoms with E-state index >= 15 is 0 Å². The molecule has 0 fully saturated rings. The van der Waals surface area contributed by atoms with Crippen molar-refractivity contribution in [2.24, 2.45) is 0 Å². The molecule has 0 aliphatic heterocycles. The van der Waals surface area contributed by atoms with Crippen LogP contribution in [0.3, 0.4) is 0 Å². The number of amides is 1. The Kier molecular flexibility index (Phi) is 3.29. The van der Waals surface area contributed by atoms with Crippen LogP contribution in [-0.2, 0) is 0 Å². The van der Waals surface area contributed by atoms with Crippen molar-refractivity contribution >= 4 is 29.0 Å². The van der Waals surface area contributed by atoms with E-state index < -0.39 is 5.91 Å². The Labute approximate surface area is 107 Å². The lowest BCUT2D eigenvalue weighted by molar-refractivity contribution is 0.102. The Morgan fingerprint density at radius 1 is 1.33 bits per heavy atom. The highest BCUT2D eigenvalue weighted by molar-refractivity contribution is 6.29. The van der Waals surface area contributed by atoms with Gasteiger partial charge in [-0.1, -0.05) is 11.6 Å². The number of anilines is 2. The van der Waals surface area contributed by atoms with E-state index in [0.29, 0.717) is 0 Å². The minimum Gasteiger partial charge on any atom is -0.506 e. The van der Waals surface area contributed by atoms with Crippen molar-refractivity contribution in [2.45, 2.75) is 0 Å². The summed E-state index contributed by atoms with van der Waals surface area (Å²) in [5.41, 5.74) is 5.91. The third kappa shape index (κ3) is 2.67. The van der Waals surface area contributed by atoms with Gasteiger partial charge in [0.15, 0.2) is 0 Å². The van der Waals surface area contributed by atoms with Crippen molar-refractivity contribution in [3.8, 4) is 5.75 Å². The topological polar surface area (TPSA) is 101 Å². The standard InChI is InChI=1S/C11H9ClN4O2/c12-9-4-10(15-5-14-9)16-11(18)6-1-2-7(13)8(17)3-6/h1-5,17H,13H2,(H,14,15,16,18). The Morgan fingerprint density at radius 2 is 2.11 bits per heavy atom. The monoisotopic (exact) mass is 264 g/mol. The second-order valence-electron chi connectivity index (χ2n) is 3.45. The van der Waals surface area contributed by atoms with Gasteiger partial charge in [-0.05, 0) is 18.2 Å². The van der Waals surface area contributed by atoms with E-state index in [2.05, 4.69) is 15.3 Å². The van der Waals surface area contributed by atoms with Crippen molar-refractivity contribution in [1.82, 2.24) is 9.97 Å². The zero-order valence-electron chi connectivity index (χ0n) is 9.09. The first kappa shape index (κ1) is 12.1. The fraction of sp³-hybridized carbons (Fsp3) is 0. The van der Waals surface area contributed by atoms with Gasteiger partial charge < -0.3 is 16.2 Å². The van der Waals surface area contributed by atoms with Crippen molar-refractivity contribution in [3.63, 3.8) is 0 Å². The van der Waals surface area contributed by atoms with Gasteiger partial charge in [-0.15, -0.1) is 0 Å². The van der Waals surface area contributed by atoms with Gasteiger partial charge in [-0.3, -0.25) is 4.79 Å². The Morgan fingerprint density at radius 3 is 2.78 bits per heavy atom. The number of nitrogens with two attached hydrogens (primary N) is 1. The smallest absolute Gasteiger partial charge is 0.256 e. The number of carbonyl (C=O) groups excluding carboxylic acids is 1. The first-order chi connectivity index (χ1) is 8.56. The predicted molar refractivity (Wildman–Crippen MR) is 67.5 cm³/mol. The van der Waals surface area contributed by atoms with E-state index in [1.54, 1.807) is 0 Å². The minimum absolute atomic E-state index is 0.150. The summed E-state index contributed by atoms with van der Waals surface area (Å²) in [6, 6.07) is 5.62. The summed E-state index contributed by atoms with van der Waals surface area (Å²) in [6.07, 6.45) is 1.23. The molecular formula is C11H9ClN4O2. The van der Waals surface area contributed by atoms with Crippen molar-refractivity contribution in [3.05, 3.63) is 41.3 Å². The molecule has 0 aliphatic rings. The van der Waals surface area contributed by atoms with Gasteiger partial charge >= 0.3 is 0 Å². The van der Waals surface area contributed by atoms with Gasteiger partial charge in [-0.25, -0.2) is 9.97 Å². The van der Waals surface area contributed by atoms with Crippen LogP contribution in [0.4, 0.5) is 11.5 Å². The number of benzene rings is 1. The van der Waals surface area contributed by atoms with Crippen LogP contribution >= 0.6 is 11.6 Å². The number of nitrogens with zero attached hydrogens (tertiary/aromatic N) is 2. The second kappa shape index (κ2) is 4.89. The van der Waals surface area contributed by atoms with Crippen LogP contribution in [-0.4, -0.2) is 21.0 Å². The van der Waals surface area contributed by atoms with Gasteiger partial charge in [0.1, 0.15) is 23.0 Å². The molecule has 0 atom stereocenters. The van der Waals surface area contributed by atoms with Crippen LogP contribution in [0.15, 0.2) is 30.6 Å². The van der Waals surface area contributed by atoms with Crippen LogP contribution in [0.5, 0.6) is 5.75 Å². The van der Waals surface area contributed by atoms with Gasteiger partial charge in [-0.2, -0.15) is 0 Å². The summed E-state index contributed by atoms with van der Waals surface area (Å²) in [4.78, 5) is 19.3. The maximum absolute atomic E-state index is 11.8. The zero-order chi connectivity index (χ0) is 13.1. The fourth-order valence-electron chi connectivity index (χ4n) is 1.28. The third-order valence-corrected chi connectivity index (χ3v) is 2.37. The zero-order valence-corrected chi connectivity index (χ0v) is 9.85. The summed E-state index contributed by atoms with van der Waals surface area (Å²) in [7, 11) is 0. The van der Waals surface area contributed by atoms with Crippen molar-refractivity contribution < 1.29 is 9.90 Å². The summed E-state index contributed by atoms with van der Waals surface area (Å²) in [5.74, 6) is -0.306. The lowest BCUT2D eigenvalue weighted by Crippen LogP contribution is -2.13. The summed E-state index contributed by atoms with van der Waals surface area (Å²) < 4.78 is 0. The van der Waals surface area contributed by atoms with Gasteiger partial charge in [0, 0.05) is 11.6 Å². The lowest BCUT2D eigenvalue weighted by atomic mass is 10.2. The molecular weight excluding hydrogens is 256 g/mol. The predicted octanol–water partition coefficient (Wildman–Crippen LogP) is 1.67. The number of rotatable bonds is 2.